The number of rotatable bonds is 3. The van der Waals surface area contributed by atoms with E-state index in [1.54, 1.807) is 0 Å². The highest BCUT2D eigenvalue weighted by Gasteiger charge is 2.42. The molecule has 0 bridgehead atoms. The molecule has 74 valence electrons. The molecule has 0 aromatic heterocycles. The van der Waals surface area contributed by atoms with E-state index in [0.29, 0.717) is 0 Å². The summed E-state index contributed by atoms with van der Waals surface area (Å²) in [6.07, 6.45) is -5.48. The lowest BCUT2D eigenvalue weighted by atomic mass is 10.0. The van der Waals surface area contributed by atoms with Crippen LogP contribution in [-0.2, 0) is 0 Å². The van der Waals surface area contributed by atoms with Gasteiger partial charge >= 0.3 is 6.18 Å². The zero-order valence-electron chi connectivity index (χ0n) is 6.71. The van der Waals surface area contributed by atoms with Gasteiger partial charge in [0.05, 0.1) is 6.07 Å². The van der Waals surface area contributed by atoms with Gasteiger partial charge in [-0.25, -0.2) is 0 Å². The zero-order valence-corrected chi connectivity index (χ0v) is 6.71. The summed E-state index contributed by atoms with van der Waals surface area (Å²) < 4.78 is 35.7. The standard InChI is InChI=1S/C6H7F3N2O2/c1-4(11(12)13)2-5(3-10)6(7,8)9/h4-5H,2H2,1H3. The molecule has 0 spiro atoms. The van der Waals surface area contributed by atoms with Crippen molar-refractivity contribution in [2.24, 2.45) is 5.92 Å². The first kappa shape index (κ1) is 11.7. The van der Waals surface area contributed by atoms with Crippen molar-refractivity contribution in [1.82, 2.24) is 0 Å². The first-order valence-electron chi connectivity index (χ1n) is 3.39. The van der Waals surface area contributed by atoms with Gasteiger partial charge in [0.25, 0.3) is 0 Å². The Balaban J connectivity index is 4.33. The fraction of sp³-hybridized carbons (Fsp3) is 0.833. The van der Waals surface area contributed by atoms with Gasteiger partial charge in [-0.05, 0) is 0 Å². The van der Waals surface area contributed by atoms with E-state index in [0.717, 1.165) is 13.0 Å². The van der Waals surface area contributed by atoms with Crippen molar-refractivity contribution >= 4 is 0 Å². The van der Waals surface area contributed by atoms with Crippen LogP contribution in [0.4, 0.5) is 13.2 Å². The molecule has 0 rings (SSSR count). The van der Waals surface area contributed by atoms with Gasteiger partial charge in [-0.3, -0.25) is 10.1 Å². The van der Waals surface area contributed by atoms with E-state index in [4.69, 9.17) is 5.26 Å². The van der Waals surface area contributed by atoms with E-state index in [1.807, 2.05) is 0 Å². The maximum absolute atomic E-state index is 11.9. The molecule has 13 heavy (non-hydrogen) atoms. The minimum Gasteiger partial charge on any atom is -0.264 e. The molecule has 2 atom stereocenters. The van der Waals surface area contributed by atoms with Crippen molar-refractivity contribution in [3.8, 4) is 6.07 Å². The third kappa shape index (κ3) is 3.73. The Bertz CT molecular complexity index is 233. The van der Waals surface area contributed by atoms with Crippen LogP contribution >= 0.6 is 0 Å². The van der Waals surface area contributed by atoms with Crippen molar-refractivity contribution in [2.45, 2.75) is 25.6 Å². The quantitative estimate of drug-likeness (QED) is 0.510. The lowest BCUT2D eigenvalue weighted by Gasteiger charge is -2.13. The summed E-state index contributed by atoms with van der Waals surface area (Å²) in [6.45, 7) is 1.04. The fourth-order valence-corrected chi connectivity index (χ4v) is 0.687. The second kappa shape index (κ2) is 4.07. The average Bonchev–Trinajstić information content (AvgIpc) is 1.96. The Morgan fingerprint density at radius 2 is 2.08 bits per heavy atom. The Morgan fingerprint density at radius 3 is 2.31 bits per heavy atom. The normalized spacial score (nSPS) is 15.9. The summed E-state index contributed by atoms with van der Waals surface area (Å²) in [5, 5.41) is 18.1. The summed E-state index contributed by atoms with van der Waals surface area (Å²) in [5.74, 6) is -2.26. The molecule has 0 saturated heterocycles. The maximum atomic E-state index is 11.9. The molecule has 0 N–H and O–H groups in total. The van der Waals surface area contributed by atoms with Crippen LogP contribution in [0.3, 0.4) is 0 Å². The Hall–Kier alpha value is -1.32. The molecule has 0 aliphatic heterocycles. The molecule has 0 aliphatic carbocycles. The molecule has 0 saturated carbocycles. The molecule has 0 aromatic carbocycles. The third-order valence-corrected chi connectivity index (χ3v) is 1.49. The number of alkyl halides is 3. The molecular formula is C6H7F3N2O2. The minimum atomic E-state index is -4.68. The van der Waals surface area contributed by atoms with Crippen LogP contribution in [0.5, 0.6) is 0 Å². The van der Waals surface area contributed by atoms with Crippen LogP contribution in [-0.4, -0.2) is 17.1 Å². The number of nitriles is 1. The van der Waals surface area contributed by atoms with Crippen LogP contribution in [0.2, 0.25) is 0 Å². The van der Waals surface area contributed by atoms with E-state index in [1.165, 1.54) is 0 Å². The highest BCUT2D eigenvalue weighted by molar-refractivity contribution is 4.89. The van der Waals surface area contributed by atoms with E-state index in [2.05, 4.69) is 0 Å². The van der Waals surface area contributed by atoms with Crippen molar-refractivity contribution in [3.05, 3.63) is 10.1 Å². The third-order valence-electron chi connectivity index (χ3n) is 1.49. The highest BCUT2D eigenvalue weighted by Crippen LogP contribution is 2.29. The number of nitrogens with zero attached hydrogens (tertiary/aromatic N) is 2. The predicted octanol–water partition coefficient (Wildman–Crippen LogP) is 1.74. The van der Waals surface area contributed by atoms with Crippen LogP contribution in [0.15, 0.2) is 0 Å². The van der Waals surface area contributed by atoms with Crippen molar-refractivity contribution in [2.75, 3.05) is 0 Å². The Morgan fingerprint density at radius 1 is 1.62 bits per heavy atom. The van der Waals surface area contributed by atoms with Crippen molar-refractivity contribution in [3.63, 3.8) is 0 Å². The van der Waals surface area contributed by atoms with Crippen LogP contribution in [0.1, 0.15) is 13.3 Å². The van der Waals surface area contributed by atoms with Gasteiger partial charge in [-0.2, -0.15) is 18.4 Å². The van der Waals surface area contributed by atoms with Gasteiger partial charge < -0.3 is 0 Å². The molecule has 0 radical (unpaired) electrons. The van der Waals surface area contributed by atoms with Crippen molar-refractivity contribution in [1.29, 1.82) is 5.26 Å². The smallest absolute Gasteiger partial charge is 0.264 e. The second-order valence-electron chi connectivity index (χ2n) is 2.59. The lowest BCUT2D eigenvalue weighted by Crippen LogP contribution is -2.28. The predicted molar refractivity (Wildman–Crippen MR) is 36.2 cm³/mol. The second-order valence-corrected chi connectivity index (χ2v) is 2.59. The summed E-state index contributed by atoms with van der Waals surface area (Å²) >= 11 is 0. The SMILES string of the molecule is CC(CC(C#N)C(F)(F)F)[N+](=O)[O-]. The fourth-order valence-electron chi connectivity index (χ4n) is 0.687. The van der Waals surface area contributed by atoms with Gasteiger partial charge in [0.2, 0.25) is 6.04 Å². The maximum Gasteiger partial charge on any atom is 0.404 e. The molecule has 4 nitrogen and oxygen atoms in total. The molecule has 0 heterocycles. The van der Waals surface area contributed by atoms with Gasteiger partial charge in [0, 0.05) is 18.3 Å². The highest BCUT2D eigenvalue weighted by atomic mass is 19.4. The minimum absolute atomic E-state index is 0.799. The van der Waals surface area contributed by atoms with Gasteiger partial charge in [-0.15, -0.1) is 0 Å². The van der Waals surface area contributed by atoms with Crippen molar-refractivity contribution < 1.29 is 18.1 Å². The summed E-state index contributed by atoms with van der Waals surface area (Å²) in [6, 6.07) is -0.357. The van der Waals surface area contributed by atoms with E-state index < -0.39 is 29.5 Å². The summed E-state index contributed by atoms with van der Waals surface area (Å²) in [4.78, 5) is 9.17. The Kier molecular flexibility index (Phi) is 3.66. The van der Waals surface area contributed by atoms with Crippen LogP contribution in [0, 0.1) is 27.4 Å². The zero-order chi connectivity index (χ0) is 10.6. The largest absolute Gasteiger partial charge is 0.404 e. The first-order valence-corrected chi connectivity index (χ1v) is 3.39. The Labute approximate surface area is 72.1 Å². The van der Waals surface area contributed by atoms with E-state index >= 15 is 0 Å². The number of halogens is 3. The molecule has 0 fully saturated rings. The van der Waals surface area contributed by atoms with Crippen LogP contribution < -0.4 is 0 Å². The molecule has 0 amide bonds. The summed E-state index contributed by atoms with van der Waals surface area (Å²) in [7, 11) is 0. The van der Waals surface area contributed by atoms with Gasteiger partial charge in [-0.1, -0.05) is 0 Å². The number of hydrogen-bond acceptors (Lipinski definition) is 3. The molecular weight excluding hydrogens is 189 g/mol. The van der Waals surface area contributed by atoms with Gasteiger partial charge in [0.15, 0.2) is 0 Å². The monoisotopic (exact) mass is 196 g/mol. The number of nitro groups is 1. The van der Waals surface area contributed by atoms with E-state index in [-0.39, 0.29) is 0 Å². The number of hydrogen-bond donors (Lipinski definition) is 0. The molecule has 2 unspecified atom stereocenters. The molecule has 0 aliphatic rings. The molecule has 0 aromatic rings. The lowest BCUT2D eigenvalue weighted by molar-refractivity contribution is -0.521. The summed E-state index contributed by atoms with van der Waals surface area (Å²) in [5.41, 5.74) is 0. The topological polar surface area (TPSA) is 66.9 Å². The molecule has 7 heteroatoms. The van der Waals surface area contributed by atoms with E-state index in [9.17, 15) is 23.3 Å². The van der Waals surface area contributed by atoms with Gasteiger partial charge in [0.1, 0.15) is 5.92 Å². The van der Waals surface area contributed by atoms with Crippen LogP contribution in [0.25, 0.3) is 0 Å². The first-order chi connectivity index (χ1) is 5.79. The average molecular weight is 196 g/mol.